The molecule has 4 heteroatoms. The van der Waals surface area contributed by atoms with Crippen LogP contribution < -0.4 is 10.1 Å². The highest BCUT2D eigenvalue weighted by Crippen LogP contribution is 2.51. The van der Waals surface area contributed by atoms with Crippen molar-refractivity contribution in [3.05, 3.63) is 88.5 Å². The molecule has 5 rings (SSSR count). The Kier molecular flexibility index (Phi) is 4.04. The molecule has 0 saturated heterocycles. The number of allylic oxidation sites excluding steroid dienone is 1. The summed E-state index contributed by atoms with van der Waals surface area (Å²) in [6.45, 7) is 8.34. The normalized spacial score (nSPS) is 18.3. The fraction of sp³-hybridized carbons (Fsp3) is 0.231. The zero-order valence-electron chi connectivity index (χ0n) is 17.4. The Labute approximate surface area is 175 Å². The Bertz CT molecular complexity index is 1230. The number of anilines is 1. The highest BCUT2D eigenvalue weighted by atomic mass is 19.1. The number of benzene rings is 3. The summed E-state index contributed by atoms with van der Waals surface area (Å²) in [5, 5.41) is 3.57. The summed E-state index contributed by atoms with van der Waals surface area (Å²) < 4.78 is 35.1. The zero-order chi connectivity index (χ0) is 21.2. The van der Waals surface area contributed by atoms with Crippen molar-refractivity contribution in [3.8, 4) is 16.9 Å². The fourth-order valence-corrected chi connectivity index (χ4v) is 4.78. The molecule has 1 unspecified atom stereocenters. The number of hydrogen-bond acceptors (Lipinski definition) is 2. The summed E-state index contributed by atoms with van der Waals surface area (Å²) >= 11 is 0. The second-order valence-electron chi connectivity index (χ2n) is 8.80. The molecule has 0 spiro atoms. The van der Waals surface area contributed by atoms with Crippen LogP contribution in [0.3, 0.4) is 0 Å². The van der Waals surface area contributed by atoms with E-state index in [0.717, 1.165) is 45.1 Å². The van der Waals surface area contributed by atoms with Crippen LogP contribution in [0.25, 0.3) is 16.7 Å². The Balaban J connectivity index is 1.84. The molecule has 0 saturated carbocycles. The van der Waals surface area contributed by atoms with Crippen LogP contribution >= 0.6 is 0 Å². The summed E-state index contributed by atoms with van der Waals surface area (Å²) in [6, 6.07) is 14.2. The standard InChI is InChI=1S/C26H23F2NO/c1-14-6-5-7-16(10-14)24-23-18(19-11-17(27)12-20(28)25(19)30-24)8-9-21-22(23)15(2)13-26(3,4)29-21/h5-13,24,29H,1-4H3. The van der Waals surface area contributed by atoms with Gasteiger partial charge in [-0.2, -0.15) is 0 Å². The van der Waals surface area contributed by atoms with Gasteiger partial charge in [0.1, 0.15) is 5.82 Å². The first-order valence-electron chi connectivity index (χ1n) is 10.1. The molecule has 0 bridgehead atoms. The molecule has 0 fully saturated rings. The third kappa shape index (κ3) is 2.90. The summed E-state index contributed by atoms with van der Waals surface area (Å²) in [4.78, 5) is 0. The van der Waals surface area contributed by atoms with E-state index in [9.17, 15) is 8.78 Å². The first kappa shape index (κ1) is 18.9. The molecule has 152 valence electrons. The molecular weight excluding hydrogens is 380 g/mol. The van der Waals surface area contributed by atoms with Crippen LogP contribution in [0.2, 0.25) is 0 Å². The Morgan fingerprint density at radius 2 is 1.77 bits per heavy atom. The average molecular weight is 403 g/mol. The molecule has 0 amide bonds. The van der Waals surface area contributed by atoms with Crippen molar-refractivity contribution in [1.82, 2.24) is 0 Å². The predicted octanol–water partition coefficient (Wildman–Crippen LogP) is 7.03. The molecule has 3 aromatic carbocycles. The van der Waals surface area contributed by atoms with Gasteiger partial charge in [-0.3, -0.25) is 0 Å². The van der Waals surface area contributed by atoms with Crippen LogP contribution in [0.1, 0.15) is 49.1 Å². The molecule has 1 atom stereocenters. The van der Waals surface area contributed by atoms with Crippen molar-refractivity contribution >= 4 is 11.3 Å². The van der Waals surface area contributed by atoms with E-state index < -0.39 is 17.7 Å². The average Bonchev–Trinajstić information content (AvgIpc) is 2.65. The maximum Gasteiger partial charge on any atom is 0.168 e. The minimum atomic E-state index is -0.683. The lowest BCUT2D eigenvalue weighted by Crippen LogP contribution is -2.32. The summed E-state index contributed by atoms with van der Waals surface area (Å²) in [5.41, 5.74) is 7.20. The van der Waals surface area contributed by atoms with Gasteiger partial charge in [0.25, 0.3) is 0 Å². The van der Waals surface area contributed by atoms with Gasteiger partial charge in [0.15, 0.2) is 17.7 Å². The number of fused-ring (bicyclic) bond motifs is 5. The van der Waals surface area contributed by atoms with Gasteiger partial charge in [0, 0.05) is 28.4 Å². The lowest BCUT2D eigenvalue weighted by Gasteiger charge is -2.37. The van der Waals surface area contributed by atoms with E-state index in [0.29, 0.717) is 5.56 Å². The smallest absolute Gasteiger partial charge is 0.168 e. The quantitative estimate of drug-likeness (QED) is 0.471. The molecule has 3 aromatic rings. The van der Waals surface area contributed by atoms with Crippen molar-refractivity contribution in [2.45, 2.75) is 39.3 Å². The summed E-state index contributed by atoms with van der Waals surface area (Å²) in [6.07, 6.45) is 1.69. The molecule has 30 heavy (non-hydrogen) atoms. The number of nitrogens with one attached hydrogen (secondary N) is 1. The molecule has 2 nitrogen and oxygen atoms in total. The van der Waals surface area contributed by atoms with Gasteiger partial charge in [-0.25, -0.2) is 8.78 Å². The van der Waals surface area contributed by atoms with Gasteiger partial charge < -0.3 is 10.1 Å². The third-order valence-corrected chi connectivity index (χ3v) is 5.82. The predicted molar refractivity (Wildman–Crippen MR) is 117 cm³/mol. The number of rotatable bonds is 1. The van der Waals surface area contributed by atoms with Crippen LogP contribution in [-0.4, -0.2) is 5.54 Å². The minimum absolute atomic E-state index is 0.0982. The van der Waals surface area contributed by atoms with E-state index in [1.54, 1.807) is 0 Å². The van der Waals surface area contributed by atoms with E-state index in [4.69, 9.17) is 4.74 Å². The van der Waals surface area contributed by atoms with Crippen molar-refractivity contribution in [2.24, 2.45) is 0 Å². The number of hydrogen-bond donors (Lipinski definition) is 1. The van der Waals surface area contributed by atoms with Gasteiger partial charge in [0.2, 0.25) is 0 Å². The summed E-state index contributed by atoms with van der Waals surface area (Å²) in [5.74, 6) is -1.20. The van der Waals surface area contributed by atoms with Crippen molar-refractivity contribution < 1.29 is 13.5 Å². The third-order valence-electron chi connectivity index (χ3n) is 5.82. The SMILES string of the molecule is CC1=CC(C)(C)Nc2ccc3c(c21)C(c1cccc(C)c1)Oc1c(F)cc(F)cc1-3. The summed E-state index contributed by atoms with van der Waals surface area (Å²) in [7, 11) is 0. The van der Waals surface area contributed by atoms with Crippen LogP contribution in [0.4, 0.5) is 14.5 Å². The van der Waals surface area contributed by atoms with E-state index in [1.807, 2.05) is 37.3 Å². The van der Waals surface area contributed by atoms with Crippen molar-refractivity contribution in [3.63, 3.8) is 0 Å². The maximum absolute atomic E-state index is 14.7. The first-order valence-corrected chi connectivity index (χ1v) is 10.1. The highest BCUT2D eigenvalue weighted by Gasteiger charge is 2.35. The van der Waals surface area contributed by atoms with Gasteiger partial charge in [-0.1, -0.05) is 42.0 Å². The lowest BCUT2D eigenvalue weighted by molar-refractivity contribution is 0.231. The first-order chi connectivity index (χ1) is 14.2. The molecule has 0 aromatic heterocycles. The molecule has 2 aliphatic heterocycles. The van der Waals surface area contributed by atoms with Gasteiger partial charge in [0.05, 0.1) is 5.54 Å². The van der Waals surface area contributed by atoms with Crippen LogP contribution in [0.5, 0.6) is 5.75 Å². The van der Waals surface area contributed by atoms with Gasteiger partial charge >= 0.3 is 0 Å². The van der Waals surface area contributed by atoms with Crippen molar-refractivity contribution in [1.29, 1.82) is 0 Å². The minimum Gasteiger partial charge on any atom is -0.477 e. The van der Waals surface area contributed by atoms with Gasteiger partial charge in [-0.05, 0) is 56.5 Å². The van der Waals surface area contributed by atoms with Gasteiger partial charge in [-0.15, -0.1) is 0 Å². The molecule has 0 aliphatic carbocycles. The maximum atomic E-state index is 14.7. The topological polar surface area (TPSA) is 21.3 Å². The van der Waals surface area contributed by atoms with E-state index in [-0.39, 0.29) is 11.3 Å². The molecular formula is C26H23F2NO. The van der Waals surface area contributed by atoms with Crippen molar-refractivity contribution in [2.75, 3.05) is 5.32 Å². The number of ether oxygens (including phenoxy) is 1. The van der Waals surface area contributed by atoms with E-state index in [1.165, 1.54) is 6.07 Å². The second-order valence-corrected chi connectivity index (χ2v) is 8.80. The molecule has 0 radical (unpaired) electrons. The number of halogens is 2. The Morgan fingerprint density at radius 1 is 0.967 bits per heavy atom. The van der Waals surface area contributed by atoms with E-state index >= 15 is 0 Å². The van der Waals surface area contributed by atoms with Crippen LogP contribution in [-0.2, 0) is 0 Å². The molecule has 1 N–H and O–H groups in total. The highest BCUT2D eigenvalue weighted by molar-refractivity contribution is 5.90. The monoisotopic (exact) mass is 403 g/mol. The fourth-order valence-electron chi connectivity index (χ4n) is 4.78. The van der Waals surface area contributed by atoms with Crippen LogP contribution in [0.15, 0.2) is 54.6 Å². The molecule has 2 heterocycles. The number of aryl methyl sites for hydroxylation is 1. The largest absolute Gasteiger partial charge is 0.477 e. The van der Waals surface area contributed by atoms with E-state index in [2.05, 4.69) is 38.2 Å². The Morgan fingerprint density at radius 3 is 2.53 bits per heavy atom. The van der Waals surface area contributed by atoms with Crippen LogP contribution in [0, 0.1) is 18.6 Å². The zero-order valence-corrected chi connectivity index (χ0v) is 17.4. The second kappa shape index (κ2) is 6.43. The molecule has 2 aliphatic rings. The Hall–Kier alpha value is -3.14. The lowest BCUT2D eigenvalue weighted by atomic mass is 9.80.